The van der Waals surface area contributed by atoms with E-state index in [0.29, 0.717) is 12.5 Å². The minimum absolute atomic E-state index is 0.487. The second-order valence-electron chi connectivity index (χ2n) is 3.75. The first-order valence-electron chi connectivity index (χ1n) is 4.85. The van der Waals surface area contributed by atoms with Crippen molar-refractivity contribution in [3.8, 4) is 0 Å². The van der Waals surface area contributed by atoms with Gasteiger partial charge in [-0.05, 0) is 18.8 Å². The van der Waals surface area contributed by atoms with Crippen molar-refractivity contribution in [2.24, 2.45) is 11.1 Å². The van der Waals surface area contributed by atoms with Crippen molar-refractivity contribution in [2.75, 3.05) is 6.54 Å². The Balaban J connectivity index is 2.27. The summed E-state index contributed by atoms with van der Waals surface area (Å²) in [7, 11) is -3.49. The van der Waals surface area contributed by atoms with Crippen LogP contribution >= 0.6 is 0 Å². The summed E-state index contributed by atoms with van der Waals surface area (Å²) in [4.78, 5) is 0. The van der Waals surface area contributed by atoms with E-state index in [-0.39, 0.29) is 0 Å². The zero-order chi connectivity index (χ0) is 9.73. The third-order valence-corrected chi connectivity index (χ3v) is 3.12. The summed E-state index contributed by atoms with van der Waals surface area (Å²) in [6.45, 7) is 0.513. The molecule has 0 spiro atoms. The largest absolute Gasteiger partial charge is 0.274 e. The van der Waals surface area contributed by atoms with E-state index in [0.717, 1.165) is 12.8 Å². The van der Waals surface area contributed by atoms with Gasteiger partial charge in [-0.2, -0.15) is 8.42 Å². The minimum Gasteiger partial charge on any atom is -0.216 e. The quantitative estimate of drug-likeness (QED) is 0.669. The number of hydrogen-bond acceptors (Lipinski definition) is 2. The molecule has 1 rings (SSSR count). The maximum Gasteiger partial charge on any atom is 0.274 e. The molecular formula is C8H18N2O2S. The van der Waals surface area contributed by atoms with Crippen LogP contribution in [0.25, 0.3) is 0 Å². The second-order valence-corrected chi connectivity index (χ2v) is 5.13. The van der Waals surface area contributed by atoms with Gasteiger partial charge in [-0.25, -0.2) is 9.86 Å². The average molecular weight is 206 g/mol. The van der Waals surface area contributed by atoms with Gasteiger partial charge in [0.25, 0.3) is 10.2 Å². The van der Waals surface area contributed by atoms with Crippen LogP contribution in [-0.2, 0) is 10.2 Å². The first-order valence-corrected chi connectivity index (χ1v) is 6.40. The molecule has 13 heavy (non-hydrogen) atoms. The van der Waals surface area contributed by atoms with Gasteiger partial charge in [0.05, 0.1) is 0 Å². The highest BCUT2D eigenvalue weighted by molar-refractivity contribution is 7.87. The summed E-state index contributed by atoms with van der Waals surface area (Å²) in [5.41, 5.74) is 0. The fourth-order valence-corrected chi connectivity index (χ4v) is 2.27. The fraction of sp³-hybridized carbons (Fsp3) is 1.00. The maximum absolute atomic E-state index is 10.6. The molecule has 5 heteroatoms. The van der Waals surface area contributed by atoms with Crippen molar-refractivity contribution >= 4 is 10.2 Å². The molecule has 0 saturated heterocycles. The van der Waals surface area contributed by atoms with E-state index >= 15 is 0 Å². The number of nitrogens with two attached hydrogens (primary N) is 1. The van der Waals surface area contributed by atoms with Crippen LogP contribution in [0.2, 0.25) is 0 Å². The van der Waals surface area contributed by atoms with Crippen LogP contribution in [0.1, 0.15) is 38.5 Å². The van der Waals surface area contributed by atoms with E-state index in [1.54, 1.807) is 0 Å². The van der Waals surface area contributed by atoms with E-state index < -0.39 is 10.2 Å². The lowest BCUT2D eigenvalue weighted by atomic mass is 10.0. The Morgan fingerprint density at radius 2 is 1.69 bits per heavy atom. The van der Waals surface area contributed by atoms with Crippen molar-refractivity contribution < 1.29 is 8.42 Å². The summed E-state index contributed by atoms with van der Waals surface area (Å²) < 4.78 is 23.6. The summed E-state index contributed by atoms with van der Waals surface area (Å²) in [6.07, 6.45) is 7.26. The van der Waals surface area contributed by atoms with Gasteiger partial charge >= 0.3 is 0 Å². The molecule has 1 saturated carbocycles. The SMILES string of the molecule is NS(=O)(=O)NCC1CCCCCC1. The molecule has 3 N–H and O–H groups in total. The van der Waals surface area contributed by atoms with Crippen LogP contribution in [0.3, 0.4) is 0 Å². The first-order chi connectivity index (χ1) is 6.08. The van der Waals surface area contributed by atoms with Crippen LogP contribution < -0.4 is 9.86 Å². The van der Waals surface area contributed by atoms with Crippen molar-refractivity contribution in [1.82, 2.24) is 4.72 Å². The van der Waals surface area contributed by atoms with E-state index in [1.807, 2.05) is 0 Å². The van der Waals surface area contributed by atoms with Crippen LogP contribution in [-0.4, -0.2) is 15.0 Å². The zero-order valence-corrected chi connectivity index (χ0v) is 8.65. The first kappa shape index (κ1) is 10.9. The fourth-order valence-electron chi connectivity index (χ4n) is 1.80. The Labute approximate surface area is 80.1 Å². The molecule has 1 fully saturated rings. The molecule has 4 nitrogen and oxygen atoms in total. The highest BCUT2D eigenvalue weighted by Gasteiger charge is 2.13. The lowest BCUT2D eigenvalue weighted by molar-refractivity contribution is 0.451. The predicted octanol–water partition coefficient (Wildman–Crippen LogP) is 0.750. The Kier molecular flexibility index (Phi) is 4.15. The molecule has 0 atom stereocenters. The third kappa shape index (κ3) is 5.23. The van der Waals surface area contributed by atoms with Crippen LogP contribution in [0.4, 0.5) is 0 Å². The Hall–Kier alpha value is -0.130. The van der Waals surface area contributed by atoms with Crippen LogP contribution in [0.5, 0.6) is 0 Å². The highest BCUT2D eigenvalue weighted by atomic mass is 32.2. The summed E-state index contributed by atoms with van der Waals surface area (Å²) in [6, 6.07) is 0. The smallest absolute Gasteiger partial charge is 0.216 e. The monoisotopic (exact) mass is 206 g/mol. The maximum atomic E-state index is 10.6. The van der Waals surface area contributed by atoms with Gasteiger partial charge in [-0.15, -0.1) is 0 Å². The lowest BCUT2D eigenvalue weighted by Crippen LogP contribution is -2.34. The molecule has 0 aromatic heterocycles. The van der Waals surface area contributed by atoms with Gasteiger partial charge in [0.1, 0.15) is 0 Å². The normalized spacial score (nSPS) is 21.3. The molecule has 0 bridgehead atoms. The molecule has 0 unspecified atom stereocenters. The number of hydrogen-bond donors (Lipinski definition) is 2. The van der Waals surface area contributed by atoms with Crippen molar-refractivity contribution in [3.05, 3.63) is 0 Å². The standard InChI is InChI=1S/C8H18N2O2S/c9-13(11,12)10-7-8-5-3-1-2-4-6-8/h8,10H,1-7H2,(H2,9,11,12). The lowest BCUT2D eigenvalue weighted by Gasteiger charge is -2.13. The number of rotatable bonds is 3. The van der Waals surface area contributed by atoms with Crippen LogP contribution in [0.15, 0.2) is 0 Å². The molecule has 0 aromatic rings. The van der Waals surface area contributed by atoms with Crippen molar-refractivity contribution in [2.45, 2.75) is 38.5 Å². The van der Waals surface area contributed by atoms with Gasteiger partial charge in [-0.1, -0.05) is 25.7 Å². The molecule has 1 aliphatic rings. The summed E-state index contributed by atoms with van der Waals surface area (Å²) in [5.74, 6) is 0.487. The van der Waals surface area contributed by atoms with Crippen LogP contribution in [0, 0.1) is 5.92 Å². The van der Waals surface area contributed by atoms with Gasteiger partial charge in [0, 0.05) is 6.54 Å². The Morgan fingerprint density at radius 1 is 1.15 bits per heavy atom. The molecule has 0 aromatic carbocycles. The topological polar surface area (TPSA) is 72.2 Å². The van der Waals surface area contributed by atoms with Gasteiger partial charge in [0.2, 0.25) is 0 Å². The molecule has 0 amide bonds. The molecule has 1 aliphatic carbocycles. The van der Waals surface area contributed by atoms with E-state index in [4.69, 9.17) is 5.14 Å². The Bertz CT molecular complexity index is 231. The highest BCUT2D eigenvalue weighted by Crippen LogP contribution is 2.21. The molecule has 0 aliphatic heterocycles. The molecule has 0 radical (unpaired) electrons. The summed E-state index contributed by atoms with van der Waals surface area (Å²) >= 11 is 0. The van der Waals surface area contributed by atoms with E-state index in [1.165, 1.54) is 25.7 Å². The second kappa shape index (κ2) is 4.93. The molecule has 78 valence electrons. The van der Waals surface area contributed by atoms with Crippen molar-refractivity contribution in [1.29, 1.82) is 0 Å². The Morgan fingerprint density at radius 3 is 2.15 bits per heavy atom. The molecular weight excluding hydrogens is 188 g/mol. The molecule has 0 heterocycles. The van der Waals surface area contributed by atoms with Gasteiger partial charge in [0.15, 0.2) is 0 Å². The van der Waals surface area contributed by atoms with E-state index in [9.17, 15) is 8.42 Å². The van der Waals surface area contributed by atoms with E-state index in [2.05, 4.69) is 4.72 Å². The summed E-state index contributed by atoms with van der Waals surface area (Å²) in [5, 5.41) is 4.85. The minimum atomic E-state index is -3.49. The predicted molar refractivity (Wildman–Crippen MR) is 52.3 cm³/mol. The van der Waals surface area contributed by atoms with Gasteiger partial charge in [-0.3, -0.25) is 0 Å². The third-order valence-electron chi connectivity index (χ3n) is 2.55. The average Bonchev–Trinajstić information content (AvgIpc) is 2.26. The zero-order valence-electron chi connectivity index (χ0n) is 7.83. The van der Waals surface area contributed by atoms with Crippen molar-refractivity contribution in [3.63, 3.8) is 0 Å². The number of nitrogens with one attached hydrogen (secondary N) is 1. The van der Waals surface area contributed by atoms with Gasteiger partial charge < -0.3 is 0 Å².